The number of rotatable bonds is 2. The number of likely N-dealkylation sites (tertiary alicyclic amines) is 2. The first-order valence-electron chi connectivity index (χ1n) is 7.35. The maximum absolute atomic E-state index is 12.2. The Hall–Kier alpha value is -0.610. The molecule has 0 aliphatic carbocycles. The van der Waals surface area contributed by atoms with Crippen LogP contribution in [-0.4, -0.2) is 59.6 Å². The molecule has 2 unspecified atom stereocenters. The highest BCUT2D eigenvalue weighted by Gasteiger charge is 2.26. The Morgan fingerprint density at radius 2 is 1.83 bits per heavy atom. The van der Waals surface area contributed by atoms with E-state index in [4.69, 9.17) is 0 Å². The third-order valence-electron chi connectivity index (χ3n) is 4.32. The summed E-state index contributed by atoms with van der Waals surface area (Å²) >= 11 is 0. The zero-order valence-electron chi connectivity index (χ0n) is 11.5. The van der Waals surface area contributed by atoms with Crippen LogP contribution in [0, 0.1) is 5.92 Å². The van der Waals surface area contributed by atoms with Crippen molar-refractivity contribution in [2.75, 3.05) is 32.7 Å². The predicted octanol–water partition coefficient (Wildman–Crippen LogP) is 1.09. The monoisotopic (exact) mass is 254 g/mol. The number of aliphatic hydroxyl groups is 1. The average molecular weight is 254 g/mol. The van der Waals surface area contributed by atoms with Gasteiger partial charge in [-0.25, -0.2) is 0 Å². The van der Waals surface area contributed by atoms with E-state index in [2.05, 4.69) is 11.8 Å². The van der Waals surface area contributed by atoms with Crippen molar-refractivity contribution in [2.45, 2.75) is 45.1 Å². The highest BCUT2D eigenvalue weighted by atomic mass is 16.3. The van der Waals surface area contributed by atoms with Gasteiger partial charge in [-0.05, 0) is 31.7 Å². The lowest BCUT2D eigenvalue weighted by atomic mass is 9.96. The van der Waals surface area contributed by atoms with Crippen molar-refractivity contribution in [3.8, 4) is 0 Å². The van der Waals surface area contributed by atoms with Gasteiger partial charge in [-0.3, -0.25) is 9.69 Å². The van der Waals surface area contributed by atoms with Crippen LogP contribution in [0.4, 0.5) is 0 Å². The lowest BCUT2D eigenvalue weighted by Crippen LogP contribution is -2.48. The van der Waals surface area contributed by atoms with Gasteiger partial charge in [-0.15, -0.1) is 0 Å². The van der Waals surface area contributed by atoms with Gasteiger partial charge in [0.2, 0.25) is 5.91 Å². The molecule has 0 aromatic rings. The van der Waals surface area contributed by atoms with Gasteiger partial charge in [-0.1, -0.05) is 19.8 Å². The average Bonchev–Trinajstić information content (AvgIpc) is 2.62. The number of hydrogen-bond donors (Lipinski definition) is 1. The van der Waals surface area contributed by atoms with Gasteiger partial charge in [0.25, 0.3) is 0 Å². The molecule has 2 fully saturated rings. The fourth-order valence-corrected chi connectivity index (χ4v) is 2.87. The SMILES string of the molecule is CC1CCN(CC(=O)N2CCCCCC2)CC1O. The standard InChI is InChI=1S/C14H26N2O2/c1-12-6-9-15(10-13(12)17)11-14(18)16-7-4-2-3-5-8-16/h12-13,17H,2-11H2,1H3. The minimum absolute atomic E-state index is 0.249. The molecule has 0 bridgehead atoms. The van der Waals surface area contributed by atoms with Crippen LogP contribution in [0.25, 0.3) is 0 Å². The fraction of sp³-hybridized carbons (Fsp3) is 0.929. The van der Waals surface area contributed by atoms with E-state index >= 15 is 0 Å². The van der Waals surface area contributed by atoms with Crippen LogP contribution in [-0.2, 0) is 4.79 Å². The molecule has 0 saturated carbocycles. The van der Waals surface area contributed by atoms with E-state index in [1.54, 1.807) is 0 Å². The van der Waals surface area contributed by atoms with Crippen LogP contribution in [0.1, 0.15) is 39.0 Å². The molecule has 0 spiro atoms. The van der Waals surface area contributed by atoms with Crippen molar-refractivity contribution in [3.63, 3.8) is 0 Å². The van der Waals surface area contributed by atoms with Crippen LogP contribution in [0.3, 0.4) is 0 Å². The molecule has 0 aromatic heterocycles. The number of aliphatic hydroxyl groups excluding tert-OH is 1. The summed E-state index contributed by atoms with van der Waals surface area (Å²) in [6.07, 6.45) is 5.52. The molecular formula is C14H26N2O2. The predicted molar refractivity (Wildman–Crippen MR) is 71.3 cm³/mol. The molecule has 0 aromatic carbocycles. The molecule has 4 nitrogen and oxygen atoms in total. The molecule has 4 heteroatoms. The maximum atomic E-state index is 12.2. The fourth-order valence-electron chi connectivity index (χ4n) is 2.87. The summed E-state index contributed by atoms with van der Waals surface area (Å²) in [6.45, 7) is 6.01. The molecule has 2 heterocycles. The molecule has 0 radical (unpaired) electrons. The van der Waals surface area contributed by atoms with Crippen molar-refractivity contribution in [2.24, 2.45) is 5.92 Å². The second-order valence-electron chi connectivity index (χ2n) is 5.86. The molecule has 104 valence electrons. The van der Waals surface area contributed by atoms with E-state index in [1.807, 2.05) is 4.90 Å². The van der Waals surface area contributed by atoms with Gasteiger partial charge >= 0.3 is 0 Å². The first kappa shape index (κ1) is 13.8. The topological polar surface area (TPSA) is 43.8 Å². The second-order valence-corrected chi connectivity index (χ2v) is 5.86. The molecule has 1 amide bonds. The summed E-state index contributed by atoms with van der Waals surface area (Å²) < 4.78 is 0. The Bertz CT molecular complexity index is 275. The molecule has 18 heavy (non-hydrogen) atoms. The minimum atomic E-state index is -0.268. The number of amides is 1. The van der Waals surface area contributed by atoms with Crippen LogP contribution >= 0.6 is 0 Å². The van der Waals surface area contributed by atoms with Gasteiger partial charge < -0.3 is 10.0 Å². The molecule has 1 N–H and O–H groups in total. The highest BCUT2D eigenvalue weighted by molar-refractivity contribution is 5.78. The normalized spacial score (nSPS) is 31.1. The number of nitrogens with zero attached hydrogens (tertiary/aromatic N) is 2. The quantitative estimate of drug-likeness (QED) is 0.802. The van der Waals surface area contributed by atoms with Crippen LogP contribution in [0.2, 0.25) is 0 Å². The number of β-amino-alcohol motifs (C(OH)–C–C–N with tert-alkyl or cyclic N) is 1. The van der Waals surface area contributed by atoms with Gasteiger partial charge in [0.1, 0.15) is 0 Å². The van der Waals surface area contributed by atoms with Crippen molar-refractivity contribution in [3.05, 3.63) is 0 Å². The molecule has 2 aliphatic rings. The van der Waals surface area contributed by atoms with Crippen molar-refractivity contribution in [1.29, 1.82) is 0 Å². The van der Waals surface area contributed by atoms with E-state index in [1.165, 1.54) is 12.8 Å². The molecular weight excluding hydrogens is 228 g/mol. The van der Waals surface area contributed by atoms with E-state index in [0.29, 0.717) is 19.0 Å². The molecule has 2 atom stereocenters. The summed E-state index contributed by atoms with van der Waals surface area (Å²) in [5, 5.41) is 9.85. The number of carbonyl (C=O) groups is 1. The third kappa shape index (κ3) is 3.69. The van der Waals surface area contributed by atoms with E-state index in [-0.39, 0.29) is 12.0 Å². The number of hydrogen-bond acceptors (Lipinski definition) is 3. The summed E-state index contributed by atoms with van der Waals surface area (Å²) in [5.41, 5.74) is 0. The molecule has 2 rings (SSSR count). The Labute approximate surface area is 110 Å². The first-order chi connectivity index (χ1) is 8.66. The van der Waals surface area contributed by atoms with E-state index < -0.39 is 0 Å². The molecule has 2 aliphatic heterocycles. The first-order valence-corrected chi connectivity index (χ1v) is 7.35. The van der Waals surface area contributed by atoms with Gasteiger partial charge in [0.15, 0.2) is 0 Å². The summed E-state index contributed by atoms with van der Waals surface area (Å²) in [7, 11) is 0. The van der Waals surface area contributed by atoms with Gasteiger partial charge in [0, 0.05) is 19.6 Å². The summed E-state index contributed by atoms with van der Waals surface area (Å²) in [6, 6.07) is 0. The second kappa shape index (κ2) is 6.53. The van der Waals surface area contributed by atoms with Crippen molar-refractivity contribution in [1.82, 2.24) is 9.80 Å². The Balaban J connectivity index is 1.79. The lowest BCUT2D eigenvalue weighted by molar-refractivity contribution is -0.133. The largest absolute Gasteiger partial charge is 0.392 e. The summed E-state index contributed by atoms with van der Waals surface area (Å²) in [5.74, 6) is 0.619. The van der Waals surface area contributed by atoms with Crippen LogP contribution in [0.15, 0.2) is 0 Å². The van der Waals surface area contributed by atoms with Crippen molar-refractivity contribution < 1.29 is 9.90 Å². The van der Waals surface area contributed by atoms with E-state index in [0.717, 1.165) is 38.9 Å². The van der Waals surface area contributed by atoms with Gasteiger partial charge in [-0.2, -0.15) is 0 Å². The Morgan fingerprint density at radius 3 is 2.44 bits per heavy atom. The Kier molecular flexibility index (Phi) is 5.01. The zero-order chi connectivity index (χ0) is 13.0. The summed E-state index contributed by atoms with van der Waals surface area (Å²) in [4.78, 5) is 16.3. The number of piperidine rings is 1. The smallest absolute Gasteiger partial charge is 0.236 e. The highest BCUT2D eigenvalue weighted by Crippen LogP contribution is 2.17. The zero-order valence-corrected chi connectivity index (χ0v) is 11.5. The van der Waals surface area contributed by atoms with Crippen LogP contribution < -0.4 is 0 Å². The van der Waals surface area contributed by atoms with Crippen molar-refractivity contribution >= 4 is 5.91 Å². The van der Waals surface area contributed by atoms with Crippen LogP contribution in [0.5, 0.6) is 0 Å². The Morgan fingerprint density at radius 1 is 1.17 bits per heavy atom. The third-order valence-corrected chi connectivity index (χ3v) is 4.32. The number of carbonyl (C=O) groups excluding carboxylic acids is 1. The molecule has 2 saturated heterocycles. The van der Waals surface area contributed by atoms with E-state index in [9.17, 15) is 9.90 Å². The lowest BCUT2D eigenvalue weighted by Gasteiger charge is -2.34. The maximum Gasteiger partial charge on any atom is 0.236 e. The van der Waals surface area contributed by atoms with Gasteiger partial charge in [0.05, 0.1) is 12.6 Å². The minimum Gasteiger partial charge on any atom is -0.392 e.